The minimum absolute atomic E-state index is 0.238. The highest BCUT2D eigenvalue weighted by Gasteiger charge is 2.27. The van der Waals surface area contributed by atoms with Crippen molar-refractivity contribution in [2.45, 2.75) is 39.8 Å². The van der Waals surface area contributed by atoms with Gasteiger partial charge in [0.1, 0.15) is 5.82 Å². The molecule has 0 amide bonds. The summed E-state index contributed by atoms with van der Waals surface area (Å²) in [5, 5.41) is 3.23. The monoisotopic (exact) mass is 366 g/mol. The first-order valence-electron chi connectivity index (χ1n) is 8.66. The summed E-state index contributed by atoms with van der Waals surface area (Å²) in [6.45, 7) is 6.85. The van der Waals surface area contributed by atoms with Gasteiger partial charge in [-0.3, -0.25) is 9.56 Å². The fourth-order valence-electron chi connectivity index (χ4n) is 2.38. The fourth-order valence-corrected chi connectivity index (χ4v) is 2.38. The van der Waals surface area contributed by atoms with E-state index in [-0.39, 0.29) is 5.56 Å². The fraction of sp³-hybridized carbons (Fsp3) is 0.474. The van der Waals surface area contributed by atoms with Crippen molar-refractivity contribution in [2.24, 2.45) is 18.0 Å². The number of aryl methyl sites for hydroxylation is 1. The van der Waals surface area contributed by atoms with E-state index in [0.717, 1.165) is 17.9 Å². The molecule has 26 heavy (non-hydrogen) atoms. The summed E-state index contributed by atoms with van der Waals surface area (Å²) in [7, 11) is 1.86. The van der Waals surface area contributed by atoms with Gasteiger partial charge in [0.2, 0.25) is 5.62 Å². The van der Waals surface area contributed by atoms with Crippen LogP contribution in [0.15, 0.2) is 35.3 Å². The first-order chi connectivity index (χ1) is 12.2. The Hall–Kier alpha value is -2.31. The van der Waals surface area contributed by atoms with Crippen molar-refractivity contribution in [3.05, 3.63) is 47.2 Å². The lowest BCUT2D eigenvalue weighted by Crippen LogP contribution is -2.25. The molecule has 0 aliphatic heterocycles. The maximum Gasteiger partial charge on any atom is 0.393 e. The van der Waals surface area contributed by atoms with Gasteiger partial charge in [-0.05, 0) is 30.5 Å². The van der Waals surface area contributed by atoms with E-state index in [0.29, 0.717) is 23.8 Å². The second kappa shape index (κ2) is 8.38. The number of aromatic nitrogens is 2. The smallest absolute Gasteiger partial charge is 0.342 e. The van der Waals surface area contributed by atoms with Gasteiger partial charge in [0.05, 0.1) is 6.42 Å². The third kappa shape index (κ3) is 5.89. The molecule has 1 aromatic carbocycles. The number of nitrogens with zero attached hydrogens (tertiary/aromatic N) is 3. The maximum absolute atomic E-state index is 12.4. The van der Waals surface area contributed by atoms with Gasteiger partial charge in [-0.15, -0.1) is 0 Å². The van der Waals surface area contributed by atoms with Gasteiger partial charge >= 0.3 is 6.18 Å². The molecule has 2 rings (SSSR count). The lowest BCUT2D eigenvalue weighted by molar-refractivity contribution is -0.127. The average Bonchev–Trinajstić information content (AvgIpc) is 2.56. The molecule has 0 fully saturated rings. The van der Waals surface area contributed by atoms with Crippen LogP contribution in [0.1, 0.15) is 31.5 Å². The Labute approximate surface area is 151 Å². The van der Waals surface area contributed by atoms with Gasteiger partial charge in [-0.25, -0.2) is 4.98 Å². The zero-order valence-electron chi connectivity index (χ0n) is 15.6. The molecular weight excluding hydrogens is 341 g/mol. The Bertz CT molecular complexity index is 792. The molecule has 0 aliphatic rings. The van der Waals surface area contributed by atoms with E-state index in [4.69, 9.17) is 0 Å². The van der Waals surface area contributed by atoms with Crippen molar-refractivity contribution >= 4 is 11.5 Å². The predicted octanol–water partition coefficient (Wildman–Crippen LogP) is 4.52. The van der Waals surface area contributed by atoms with Gasteiger partial charge in [0.25, 0.3) is 0 Å². The van der Waals surface area contributed by atoms with Crippen LogP contribution >= 0.6 is 0 Å². The van der Waals surface area contributed by atoms with Gasteiger partial charge in [0, 0.05) is 31.0 Å². The lowest BCUT2D eigenvalue weighted by Gasteiger charge is -2.14. The molecule has 0 saturated carbocycles. The van der Waals surface area contributed by atoms with Crippen molar-refractivity contribution in [1.82, 2.24) is 9.55 Å². The number of alkyl halides is 3. The summed E-state index contributed by atoms with van der Waals surface area (Å²) in [6, 6.07) is 8.14. The number of hydrogen-bond acceptors (Lipinski definition) is 3. The third-order valence-corrected chi connectivity index (χ3v) is 4.16. The molecule has 0 spiro atoms. The van der Waals surface area contributed by atoms with Crippen molar-refractivity contribution in [2.75, 3.05) is 11.9 Å². The lowest BCUT2D eigenvalue weighted by atomic mass is 10.1. The van der Waals surface area contributed by atoms with Crippen molar-refractivity contribution in [1.29, 1.82) is 0 Å². The number of halogens is 3. The number of hydrogen-bond donors (Lipinski definition) is 1. The van der Waals surface area contributed by atoms with E-state index in [1.807, 2.05) is 24.6 Å². The van der Waals surface area contributed by atoms with Crippen LogP contribution in [0.3, 0.4) is 0 Å². The van der Waals surface area contributed by atoms with Crippen LogP contribution < -0.4 is 10.9 Å². The van der Waals surface area contributed by atoms with Crippen molar-refractivity contribution in [3.63, 3.8) is 0 Å². The summed E-state index contributed by atoms with van der Waals surface area (Å²) < 4.78 is 39.2. The number of nitrogens with one attached hydrogen (secondary N) is 1. The van der Waals surface area contributed by atoms with Crippen LogP contribution in [0.4, 0.5) is 24.7 Å². The number of benzene rings is 1. The van der Waals surface area contributed by atoms with E-state index in [2.05, 4.69) is 29.1 Å². The first kappa shape index (κ1) is 20.0. The first-order valence-corrected chi connectivity index (χ1v) is 8.66. The molecule has 1 N–H and O–H groups in total. The van der Waals surface area contributed by atoms with Gasteiger partial charge < -0.3 is 5.32 Å². The molecule has 1 atom stereocenters. The number of anilines is 2. The molecule has 0 aliphatic carbocycles. The minimum atomic E-state index is -4.20. The zero-order chi connectivity index (χ0) is 19.3. The number of rotatable bonds is 6. The van der Waals surface area contributed by atoms with E-state index in [1.165, 1.54) is 12.1 Å². The molecule has 7 heteroatoms. The van der Waals surface area contributed by atoms with E-state index >= 15 is 0 Å². The zero-order valence-corrected chi connectivity index (χ0v) is 15.6. The van der Waals surface area contributed by atoms with Crippen LogP contribution in [0.5, 0.6) is 0 Å². The summed E-state index contributed by atoms with van der Waals surface area (Å²) >= 11 is 0. The summed E-state index contributed by atoms with van der Waals surface area (Å²) in [5.74, 6) is 1.26. The summed E-state index contributed by atoms with van der Waals surface area (Å²) in [6.07, 6.45) is -4.07. The molecule has 1 unspecified atom stereocenters. The van der Waals surface area contributed by atoms with Crippen molar-refractivity contribution in [3.8, 4) is 0 Å². The van der Waals surface area contributed by atoms with E-state index < -0.39 is 12.6 Å². The second-order valence-electron chi connectivity index (χ2n) is 6.61. The normalized spacial score (nSPS) is 13.7. The van der Waals surface area contributed by atoms with Crippen LogP contribution in [-0.2, 0) is 13.5 Å². The van der Waals surface area contributed by atoms with Crippen LogP contribution in [0.2, 0.25) is 0 Å². The molecule has 0 bridgehead atoms. The third-order valence-electron chi connectivity index (χ3n) is 4.16. The molecule has 2 aromatic rings. The van der Waals surface area contributed by atoms with Gasteiger partial charge in [-0.1, -0.05) is 32.4 Å². The standard InChI is InChI=1S/C19H25F3N4/c1-5-13(2)12-23-18-24-14(3)10-17(26(18)4)25-16-8-6-15(7-9-16)11-19(20,21)22/h6-10,13,25H,5,11-12H2,1-4H3. The highest BCUT2D eigenvalue weighted by Crippen LogP contribution is 2.23. The summed E-state index contributed by atoms with van der Waals surface area (Å²) in [5.41, 5.74) is 2.40. The Balaban J connectivity index is 2.22. The second-order valence-corrected chi connectivity index (χ2v) is 6.61. The molecule has 4 nitrogen and oxygen atoms in total. The largest absolute Gasteiger partial charge is 0.393 e. The average molecular weight is 366 g/mol. The molecule has 142 valence electrons. The quantitative estimate of drug-likeness (QED) is 0.816. The Morgan fingerprint density at radius 2 is 1.88 bits per heavy atom. The SMILES string of the molecule is CCC(C)CN=c1nc(C)cc(Nc2ccc(CC(F)(F)F)cc2)n1C. The predicted molar refractivity (Wildman–Crippen MR) is 97.3 cm³/mol. The minimum Gasteiger partial charge on any atom is -0.342 e. The van der Waals surface area contributed by atoms with Crippen LogP contribution in [0.25, 0.3) is 0 Å². The molecule has 1 heterocycles. The molecular formula is C19H25F3N4. The topological polar surface area (TPSA) is 42.2 Å². The molecule has 0 saturated heterocycles. The van der Waals surface area contributed by atoms with E-state index in [9.17, 15) is 13.2 Å². The Morgan fingerprint density at radius 3 is 2.46 bits per heavy atom. The molecule has 0 radical (unpaired) electrons. The highest BCUT2D eigenvalue weighted by atomic mass is 19.4. The van der Waals surface area contributed by atoms with Gasteiger partial charge in [-0.2, -0.15) is 13.2 Å². The van der Waals surface area contributed by atoms with Gasteiger partial charge in [0.15, 0.2) is 0 Å². The van der Waals surface area contributed by atoms with Crippen LogP contribution in [0, 0.1) is 12.8 Å². The maximum atomic E-state index is 12.4. The van der Waals surface area contributed by atoms with Crippen LogP contribution in [-0.4, -0.2) is 22.3 Å². The highest BCUT2D eigenvalue weighted by molar-refractivity contribution is 5.56. The van der Waals surface area contributed by atoms with Crippen molar-refractivity contribution < 1.29 is 13.2 Å². The van der Waals surface area contributed by atoms with E-state index in [1.54, 1.807) is 12.1 Å². The Morgan fingerprint density at radius 1 is 1.23 bits per heavy atom. The molecule has 1 aromatic heterocycles. The summed E-state index contributed by atoms with van der Waals surface area (Å²) in [4.78, 5) is 9.05. The Kier molecular flexibility index (Phi) is 6.45.